The lowest BCUT2D eigenvalue weighted by atomic mass is 10.4. The van der Waals surface area contributed by atoms with Crippen molar-refractivity contribution >= 4 is 45.0 Å². The Morgan fingerprint density at radius 2 is 1.90 bits per heavy atom. The van der Waals surface area contributed by atoms with Crippen molar-refractivity contribution in [1.29, 1.82) is 0 Å². The molecule has 0 amide bonds. The van der Waals surface area contributed by atoms with Crippen molar-refractivity contribution in [1.82, 2.24) is 9.97 Å². The lowest BCUT2D eigenvalue weighted by Gasteiger charge is -2.09. The highest BCUT2D eigenvalue weighted by molar-refractivity contribution is 7.92. The standard InChI is InChI=1S/C11H10Cl2N4O2S/c1-14-11-15-9(13)6-10(16-11)17-20(18,19)8-4-2-3-7(12)5-8/h2-6H,1H3,(H2,14,15,16,17). The van der Waals surface area contributed by atoms with Gasteiger partial charge in [0.05, 0.1) is 4.90 Å². The maximum Gasteiger partial charge on any atom is 0.263 e. The summed E-state index contributed by atoms with van der Waals surface area (Å²) in [4.78, 5) is 7.84. The summed E-state index contributed by atoms with van der Waals surface area (Å²) < 4.78 is 26.7. The average molecular weight is 333 g/mol. The molecule has 0 fully saturated rings. The first-order valence-electron chi connectivity index (χ1n) is 5.41. The first-order chi connectivity index (χ1) is 9.40. The van der Waals surface area contributed by atoms with Crippen molar-refractivity contribution in [2.75, 3.05) is 17.1 Å². The van der Waals surface area contributed by atoms with E-state index in [0.717, 1.165) is 0 Å². The maximum atomic E-state index is 12.2. The average Bonchev–Trinajstić information content (AvgIpc) is 2.37. The molecule has 0 radical (unpaired) electrons. The number of hydrogen-bond acceptors (Lipinski definition) is 5. The minimum atomic E-state index is -3.79. The van der Waals surface area contributed by atoms with Gasteiger partial charge in [-0.2, -0.15) is 4.98 Å². The van der Waals surface area contributed by atoms with Crippen molar-refractivity contribution < 1.29 is 8.42 Å². The van der Waals surface area contributed by atoms with Crippen molar-refractivity contribution in [2.45, 2.75) is 4.90 Å². The molecule has 0 unspecified atom stereocenters. The fraction of sp³-hybridized carbons (Fsp3) is 0.0909. The van der Waals surface area contributed by atoms with Crippen LogP contribution in [0.25, 0.3) is 0 Å². The SMILES string of the molecule is CNc1nc(Cl)cc(NS(=O)(=O)c2cccc(Cl)c2)n1. The highest BCUT2D eigenvalue weighted by Gasteiger charge is 2.16. The minimum Gasteiger partial charge on any atom is -0.357 e. The van der Waals surface area contributed by atoms with Crippen LogP contribution >= 0.6 is 23.2 Å². The van der Waals surface area contributed by atoms with Crippen LogP contribution in [0.2, 0.25) is 10.2 Å². The summed E-state index contributed by atoms with van der Waals surface area (Å²) in [6, 6.07) is 7.20. The van der Waals surface area contributed by atoms with Crippen LogP contribution in [0.3, 0.4) is 0 Å². The van der Waals surface area contributed by atoms with Crippen LogP contribution in [-0.2, 0) is 10.0 Å². The Kier molecular flexibility index (Phi) is 4.32. The summed E-state index contributed by atoms with van der Waals surface area (Å²) in [5.41, 5.74) is 0. The van der Waals surface area contributed by atoms with Gasteiger partial charge < -0.3 is 5.32 Å². The number of aromatic nitrogens is 2. The third-order valence-corrected chi connectivity index (χ3v) is 4.04. The number of nitrogens with one attached hydrogen (secondary N) is 2. The van der Waals surface area contributed by atoms with Gasteiger partial charge in [0.15, 0.2) is 0 Å². The number of hydrogen-bond donors (Lipinski definition) is 2. The van der Waals surface area contributed by atoms with Gasteiger partial charge in [-0.3, -0.25) is 4.72 Å². The molecule has 1 heterocycles. The van der Waals surface area contributed by atoms with Gasteiger partial charge in [-0.1, -0.05) is 29.3 Å². The number of benzene rings is 1. The molecule has 0 aliphatic carbocycles. The third kappa shape index (κ3) is 3.50. The summed E-state index contributed by atoms with van der Waals surface area (Å²) >= 11 is 11.6. The molecular weight excluding hydrogens is 323 g/mol. The Morgan fingerprint density at radius 3 is 2.55 bits per heavy atom. The quantitative estimate of drug-likeness (QED) is 0.841. The molecule has 9 heteroatoms. The van der Waals surface area contributed by atoms with Gasteiger partial charge in [-0.15, -0.1) is 0 Å². The predicted octanol–water partition coefficient (Wildman–Crippen LogP) is 2.63. The van der Waals surface area contributed by atoms with E-state index in [1.807, 2.05) is 0 Å². The molecule has 0 spiro atoms. The number of nitrogens with zero attached hydrogens (tertiary/aromatic N) is 2. The van der Waals surface area contributed by atoms with E-state index in [2.05, 4.69) is 20.0 Å². The Hall–Kier alpha value is -1.57. The second kappa shape index (κ2) is 5.82. The fourth-order valence-electron chi connectivity index (χ4n) is 1.41. The maximum absolute atomic E-state index is 12.2. The molecule has 0 aliphatic heterocycles. The first kappa shape index (κ1) is 14.8. The van der Waals surface area contributed by atoms with Gasteiger partial charge >= 0.3 is 0 Å². The van der Waals surface area contributed by atoms with E-state index in [-0.39, 0.29) is 21.8 Å². The second-order valence-electron chi connectivity index (χ2n) is 3.71. The van der Waals surface area contributed by atoms with Gasteiger partial charge in [0.1, 0.15) is 11.0 Å². The molecule has 0 atom stereocenters. The molecule has 1 aromatic heterocycles. The zero-order valence-electron chi connectivity index (χ0n) is 10.3. The lowest BCUT2D eigenvalue weighted by molar-refractivity contribution is 0.601. The molecule has 106 valence electrons. The zero-order chi connectivity index (χ0) is 14.8. The van der Waals surface area contributed by atoms with Crippen LogP contribution in [0.1, 0.15) is 0 Å². The van der Waals surface area contributed by atoms with Crippen LogP contribution in [0.15, 0.2) is 35.2 Å². The van der Waals surface area contributed by atoms with E-state index in [4.69, 9.17) is 23.2 Å². The van der Waals surface area contributed by atoms with Gasteiger partial charge in [0.2, 0.25) is 5.95 Å². The Labute approximate surface area is 126 Å². The molecule has 2 rings (SSSR count). The van der Waals surface area contributed by atoms with Gasteiger partial charge in [0.25, 0.3) is 10.0 Å². The lowest BCUT2D eigenvalue weighted by Crippen LogP contribution is -2.14. The molecule has 0 saturated carbocycles. The summed E-state index contributed by atoms with van der Waals surface area (Å²) in [5, 5.41) is 3.12. The fourth-order valence-corrected chi connectivity index (χ4v) is 2.89. The zero-order valence-corrected chi connectivity index (χ0v) is 12.6. The van der Waals surface area contributed by atoms with Gasteiger partial charge in [-0.25, -0.2) is 13.4 Å². The number of sulfonamides is 1. The normalized spacial score (nSPS) is 11.2. The summed E-state index contributed by atoms with van der Waals surface area (Å²) in [6.45, 7) is 0. The second-order valence-corrected chi connectivity index (χ2v) is 6.22. The minimum absolute atomic E-state index is 0.0331. The largest absolute Gasteiger partial charge is 0.357 e. The van der Waals surface area contributed by atoms with Crippen LogP contribution in [0.4, 0.5) is 11.8 Å². The topological polar surface area (TPSA) is 84.0 Å². The van der Waals surface area contributed by atoms with E-state index < -0.39 is 10.0 Å². The summed E-state index contributed by atoms with van der Waals surface area (Å²) in [7, 11) is -2.19. The monoisotopic (exact) mass is 332 g/mol. The summed E-state index contributed by atoms with van der Waals surface area (Å²) in [5.74, 6) is 0.274. The molecular formula is C11H10Cl2N4O2S. The van der Waals surface area contributed by atoms with Crippen LogP contribution in [0.5, 0.6) is 0 Å². The van der Waals surface area contributed by atoms with Gasteiger partial charge in [0, 0.05) is 18.1 Å². The summed E-state index contributed by atoms with van der Waals surface area (Å²) in [6.07, 6.45) is 0. The van der Waals surface area contributed by atoms with E-state index in [0.29, 0.717) is 5.02 Å². The Bertz CT molecular complexity index is 737. The van der Waals surface area contributed by atoms with Crippen LogP contribution < -0.4 is 10.0 Å². The molecule has 0 saturated heterocycles. The van der Waals surface area contributed by atoms with E-state index in [1.54, 1.807) is 19.2 Å². The molecule has 6 nitrogen and oxygen atoms in total. The van der Waals surface area contributed by atoms with E-state index >= 15 is 0 Å². The van der Waals surface area contributed by atoms with Gasteiger partial charge in [-0.05, 0) is 18.2 Å². The molecule has 1 aromatic carbocycles. The highest BCUT2D eigenvalue weighted by Crippen LogP contribution is 2.20. The van der Waals surface area contributed by atoms with Crippen molar-refractivity contribution in [3.63, 3.8) is 0 Å². The number of anilines is 2. The van der Waals surface area contributed by atoms with Crippen molar-refractivity contribution in [3.8, 4) is 0 Å². The van der Waals surface area contributed by atoms with Crippen molar-refractivity contribution in [2.24, 2.45) is 0 Å². The van der Waals surface area contributed by atoms with Crippen molar-refractivity contribution in [3.05, 3.63) is 40.5 Å². The molecule has 20 heavy (non-hydrogen) atoms. The number of halogens is 2. The Morgan fingerprint density at radius 1 is 1.15 bits per heavy atom. The van der Waals surface area contributed by atoms with Crippen LogP contribution in [-0.4, -0.2) is 25.4 Å². The van der Waals surface area contributed by atoms with E-state index in [9.17, 15) is 8.42 Å². The molecule has 2 N–H and O–H groups in total. The molecule has 2 aromatic rings. The highest BCUT2D eigenvalue weighted by atomic mass is 35.5. The molecule has 0 bridgehead atoms. The molecule has 0 aliphatic rings. The van der Waals surface area contributed by atoms with E-state index in [1.165, 1.54) is 18.2 Å². The van der Waals surface area contributed by atoms with Crippen LogP contribution in [0, 0.1) is 0 Å². The smallest absolute Gasteiger partial charge is 0.263 e. The Balaban J connectivity index is 2.35. The third-order valence-electron chi connectivity index (χ3n) is 2.26. The number of rotatable bonds is 4. The first-order valence-corrected chi connectivity index (χ1v) is 7.65. The predicted molar refractivity (Wildman–Crippen MR) is 78.8 cm³/mol.